The molecule has 1 atom stereocenters. The van der Waals surface area contributed by atoms with Crippen molar-refractivity contribution in [1.29, 1.82) is 0 Å². The Balaban J connectivity index is 2.35. The summed E-state index contributed by atoms with van der Waals surface area (Å²) in [6, 6.07) is 8.41. The third-order valence-electron chi connectivity index (χ3n) is 2.08. The van der Waals surface area contributed by atoms with E-state index in [-0.39, 0.29) is 0 Å². The maximum atomic E-state index is 11.7. The van der Waals surface area contributed by atoms with Gasteiger partial charge in [0, 0.05) is 6.42 Å². The van der Waals surface area contributed by atoms with Crippen LogP contribution in [-0.2, 0) is 14.6 Å². The lowest BCUT2D eigenvalue weighted by atomic mass is 10.4. The molecule has 1 aliphatic rings. The van der Waals surface area contributed by atoms with Crippen LogP contribution in [0.2, 0.25) is 0 Å². The van der Waals surface area contributed by atoms with Gasteiger partial charge in [0.1, 0.15) is 0 Å². The molecule has 0 aliphatic carbocycles. The molecule has 70 valence electrons. The zero-order chi connectivity index (χ0) is 9.31. The Bertz CT molecular complexity index is 379. The molecule has 1 fully saturated rings. The van der Waals surface area contributed by atoms with Gasteiger partial charge in [-0.05, 0) is 12.1 Å². The van der Waals surface area contributed by atoms with Gasteiger partial charge in [0.15, 0.2) is 5.44 Å². The molecule has 13 heavy (non-hydrogen) atoms. The average Bonchev–Trinajstić information content (AvgIpc) is 2.02. The summed E-state index contributed by atoms with van der Waals surface area (Å²) in [4.78, 5) is 0.347. The van der Waals surface area contributed by atoms with Crippen molar-refractivity contribution in [1.82, 2.24) is 0 Å². The molecule has 1 saturated heterocycles. The fraction of sp³-hybridized carbons (Fsp3) is 0.333. The zero-order valence-electron chi connectivity index (χ0n) is 7.01. The molecule has 3 nitrogen and oxygen atoms in total. The van der Waals surface area contributed by atoms with Crippen LogP contribution < -0.4 is 0 Å². The Morgan fingerprint density at radius 1 is 1.23 bits per heavy atom. The third kappa shape index (κ3) is 1.47. The maximum absolute atomic E-state index is 11.7. The highest BCUT2D eigenvalue weighted by Gasteiger charge is 2.33. The summed E-state index contributed by atoms with van der Waals surface area (Å²) < 4.78 is 28.3. The van der Waals surface area contributed by atoms with Gasteiger partial charge in [-0.2, -0.15) is 0 Å². The van der Waals surface area contributed by atoms with Gasteiger partial charge in [-0.15, -0.1) is 0 Å². The van der Waals surface area contributed by atoms with Gasteiger partial charge in [0.05, 0.1) is 11.5 Å². The molecule has 1 aromatic rings. The van der Waals surface area contributed by atoms with Gasteiger partial charge in [-0.1, -0.05) is 18.2 Å². The van der Waals surface area contributed by atoms with Gasteiger partial charge in [0.25, 0.3) is 0 Å². The third-order valence-corrected chi connectivity index (χ3v) is 4.07. The molecule has 0 bridgehead atoms. The number of sulfone groups is 1. The molecule has 1 heterocycles. The fourth-order valence-corrected chi connectivity index (χ4v) is 2.74. The molecule has 0 amide bonds. The van der Waals surface area contributed by atoms with Gasteiger partial charge in [0.2, 0.25) is 9.84 Å². The first-order valence-electron chi connectivity index (χ1n) is 4.12. The zero-order valence-corrected chi connectivity index (χ0v) is 7.83. The Labute approximate surface area is 77.3 Å². The molecule has 1 aromatic carbocycles. The van der Waals surface area contributed by atoms with E-state index in [0.717, 1.165) is 0 Å². The number of ether oxygens (including phenoxy) is 1. The van der Waals surface area contributed by atoms with E-state index in [1.165, 1.54) is 0 Å². The van der Waals surface area contributed by atoms with Crippen LogP contribution in [-0.4, -0.2) is 20.5 Å². The summed E-state index contributed by atoms with van der Waals surface area (Å²) in [7, 11) is -3.22. The summed E-state index contributed by atoms with van der Waals surface area (Å²) >= 11 is 0. The number of hydrogen-bond donors (Lipinski definition) is 0. The molecule has 0 spiro atoms. The predicted molar refractivity (Wildman–Crippen MR) is 48.0 cm³/mol. The van der Waals surface area contributed by atoms with Crippen molar-refractivity contribution in [2.45, 2.75) is 16.8 Å². The number of hydrogen-bond acceptors (Lipinski definition) is 3. The monoisotopic (exact) mass is 198 g/mol. The first kappa shape index (κ1) is 8.72. The van der Waals surface area contributed by atoms with Gasteiger partial charge >= 0.3 is 0 Å². The highest BCUT2D eigenvalue weighted by molar-refractivity contribution is 7.92. The Morgan fingerprint density at radius 3 is 2.31 bits per heavy atom. The smallest absolute Gasteiger partial charge is 0.205 e. The second kappa shape index (κ2) is 3.12. The van der Waals surface area contributed by atoms with Crippen LogP contribution in [0.15, 0.2) is 35.2 Å². The van der Waals surface area contributed by atoms with E-state index in [4.69, 9.17) is 4.74 Å². The molecule has 1 aliphatic heterocycles. The first-order valence-corrected chi connectivity index (χ1v) is 5.66. The van der Waals surface area contributed by atoms with Crippen molar-refractivity contribution in [2.24, 2.45) is 0 Å². The van der Waals surface area contributed by atoms with Gasteiger partial charge < -0.3 is 4.74 Å². The van der Waals surface area contributed by atoms with Crippen LogP contribution in [0.4, 0.5) is 0 Å². The second-order valence-electron chi connectivity index (χ2n) is 2.95. The average molecular weight is 198 g/mol. The lowest BCUT2D eigenvalue weighted by Crippen LogP contribution is -2.34. The highest BCUT2D eigenvalue weighted by Crippen LogP contribution is 2.24. The lowest BCUT2D eigenvalue weighted by Gasteiger charge is -2.25. The van der Waals surface area contributed by atoms with Crippen molar-refractivity contribution >= 4 is 9.84 Å². The largest absolute Gasteiger partial charge is 0.362 e. The number of rotatable bonds is 2. The molecule has 4 heteroatoms. The summed E-state index contributed by atoms with van der Waals surface area (Å²) in [5.74, 6) is 0. The molecular weight excluding hydrogens is 188 g/mol. The van der Waals surface area contributed by atoms with Crippen molar-refractivity contribution in [2.75, 3.05) is 6.61 Å². The minimum atomic E-state index is -3.22. The summed E-state index contributed by atoms with van der Waals surface area (Å²) in [5, 5.41) is 0. The van der Waals surface area contributed by atoms with E-state index < -0.39 is 15.3 Å². The molecule has 0 N–H and O–H groups in total. The Kier molecular flexibility index (Phi) is 2.09. The van der Waals surface area contributed by atoms with Crippen LogP contribution >= 0.6 is 0 Å². The second-order valence-corrected chi connectivity index (χ2v) is 5.03. The van der Waals surface area contributed by atoms with Crippen molar-refractivity contribution in [3.05, 3.63) is 30.3 Å². The quantitative estimate of drug-likeness (QED) is 0.717. The van der Waals surface area contributed by atoms with E-state index >= 15 is 0 Å². The van der Waals surface area contributed by atoms with Crippen LogP contribution in [0.1, 0.15) is 6.42 Å². The normalized spacial score (nSPS) is 22.3. The topological polar surface area (TPSA) is 43.4 Å². The lowest BCUT2D eigenvalue weighted by molar-refractivity contribution is 0.00316. The van der Waals surface area contributed by atoms with E-state index in [0.29, 0.717) is 17.9 Å². The van der Waals surface area contributed by atoms with E-state index in [9.17, 15) is 8.42 Å². The summed E-state index contributed by atoms with van der Waals surface area (Å²) in [6.07, 6.45) is 0.608. The molecule has 0 unspecified atom stereocenters. The van der Waals surface area contributed by atoms with Crippen LogP contribution in [0.25, 0.3) is 0 Å². The fourth-order valence-electron chi connectivity index (χ4n) is 1.22. The van der Waals surface area contributed by atoms with Crippen molar-refractivity contribution < 1.29 is 13.2 Å². The Hall–Kier alpha value is -0.870. The van der Waals surface area contributed by atoms with Crippen LogP contribution in [0.3, 0.4) is 0 Å². The molecule has 0 radical (unpaired) electrons. The predicted octanol–water partition coefficient (Wildman–Crippen LogP) is 1.21. The molecule has 0 aromatic heterocycles. The number of benzene rings is 1. The minimum absolute atomic E-state index is 0.347. The van der Waals surface area contributed by atoms with Crippen molar-refractivity contribution in [3.63, 3.8) is 0 Å². The van der Waals surface area contributed by atoms with Crippen molar-refractivity contribution in [3.8, 4) is 0 Å². The van der Waals surface area contributed by atoms with E-state index in [1.807, 2.05) is 0 Å². The standard InChI is InChI=1S/C9H10O3S/c10-13(11,9-6-7-12-9)8-4-2-1-3-5-8/h1-5,9H,6-7H2/t9-/m0/s1. The van der Waals surface area contributed by atoms with E-state index in [2.05, 4.69) is 0 Å². The molecule has 0 saturated carbocycles. The maximum Gasteiger partial charge on any atom is 0.205 e. The summed E-state index contributed by atoms with van der Waals surface area (Å²) in [6.45, 7) is 0.552. The minimum Gasteiger partial charge on any atom is -0.362 e. The molecule has 2 rings (SSSR count). The van der Waals surface area contributed by atoms with Crippen LogP contribution in [0.5, 0.6) is 0 Å². The van der Waals surface area contributed by atoms with Gasteiger partial charge in [-0.3, -0.25) is 0 Å². The highest BCUT2D eigenvalue weighted by atomic mass is 32.2. The summed E-state index contributed by atoms with van der Waals surface area (Å²) in [5.41, 5.74) is -0.616. The van der Waals surface area contributed by atoms with Crippen LogP contribution in [0, 0.1) is 0 Å². The SMILES string of the molecule is O=S(=O)(c1ccccc1)[C@H]1CCO1. The van der Waals surface area contributed by atoms with E-state index in [1.54, 1.807) is 30.3 Å². The Morgan fingerprint density at radius 2 is 1.85 bits per heavy atom. The van der Waals surface area contributed by atoms with Gasteiger partial charge in [-0.25, -0.2) is 8.42 Å². The first-order chi connectivity index (χ1) is 6.21. The molecular formula is C9H10O3S.